The van der Waals surface area contributed by atoms with Crippen LogP contribution in [-0.2, 0) is 0 Å². The van der Waals surface area contributed by atoms with Gasteiger partial charge in [-0.1, -0.05) is 5.16 Å². The van der Waals surface area contributed by atoms with Crippen LogP contribution < -0.4 is 0 Å². The van der Waals surface area contributed by atoms with E-state index in [4.69, 9.17) is 5.21 Å². The van der Waals surface area contributed by atoms with Gasteiger partial charge in [0.15, 0.2) is 5.65 Å². The largest absolute Gasteiger partial charge is 0.411 e. The Bertz CT molecular complexity index is 453. The smallest absolute Gasteiger partial charge is 0.159 e. The maximum Gasteiger partial charge on any atom is 0.159 e. The number of nitrogens with zero attached hydrogens (tertiary/aromatic N) is 3. The second-order valence-electron chi connectivity index (χ2n) is 2.53. The van der Waals surface area contributed by atoms with Gasteiger partial charge in [0.25, 0.3) is 0 Å². The third-order valence-corrected chi connectivity index (χ3v) is 1.68. The monoisotopic (exact) mass is 173 g/mol. The van der Waals surface area contributed by atoms with E-state index in [2.05, 4.69) is 15.1 Å². The summed E-state index contributed by atoms with van der Waals surface area (Å²) in [4.78, 5) is 8.21. The Morgan fingerprint density at radius 1 is 1.31 bits per heavy atom. The molecule has 1 N–H and O–H groups in total. The lowest BCUT2D eigenvalue weighted by Gasteiger charge is -1.95. The molecule has 0 bridgehead atoms. The summed E-state index contributed by atoms with van der Waals surface area (Å²) in [6.45, 7) is 0. The van der Waals surface area contributed by atoms with Crippen LogP contribution in [0.5, 0.6) is 0 Å². The van der Waals surface area contributed by atoms with Crippen LogP contribution in [0.15, 0.2) is 35.6 Å². The summed E-state index contributed by atoms with van der Waals surface area (Å²) in [6.07, 6.45) is 2.95. The Labute approximate surface area is 74.6 Å². The molecule has 2 aromatic heterocycles. The second-order valence-corrected chi connectivity index (χ2v) is 2.53. The normalized spacial score (nSPS) is 11.1. The summed E-state index contributed by atoms with van der Waals surface area (Å²) in [6, 6.07) is 7.43. The van der Waals surface area contributed by atoms with Crippen molar-refractivity contribution in [1.29, 1.82) is 0 Å². The minimum absolute atomic E-state index is 0.591. The first-order valence-corrected chi connectivity index (χ1v) is 3.79. The number of aromatic nitrogens is 2. The minimum atomic E-state index is 0.591. The maximum absolute atomic E-state index is 8.30. The van der Waals surface area contributed by atoms with E-state index in [0.29, 0.717) is 11.3 Å². The van der Waals surface area contributed by atoms with Gasteiger partial charge >= 0.3 is 0 Å². The Kier molecular flexibility index (Phi) is 1.88. The highest BCUT2D eigenvalue weighted by molar-refractivity contribution is 5.82. The Morgan fingerprint density at radius 2 is 2.23 bits per heavy atom. The van der Waals surface area contributed by atoms with Crippen LogP contribution in [0.2, 0.25) is 0 Å². The molecule has 0 atom stereocenters. The molecule has 13 heavy (non-hydrogen) atoms. The molecule has 4 heteroatoms. The third-order valence-electron chi connectivity index (χ3n) is 1.68. The summed E-state index contributed by atoms with van der Waals surface area (Å²) in [7, 11) is 0. The van der Waals surface area contributed by atoms with E-state index in [1.54, 1.807) is 12.3 Å². The van der Waals surface area contributed by atoms with Gasteiger partial charge in [0.2, 0.25) is 0 Å². The molecule has 0 fully saturated rings. The average molecular weight is 173 g/mol. The van der Waals surface area contributed by atoms with Crippen molar-refractivity contribution in [3.8, 4) is 0 Å². The van der Waals surface area contributed by atoms with E-state index in [1.807, 2.05) is 18.2 Å². The molecule has 0 aliphatic rings. The summed E-state index contributed by atoms with van der Waals surface area (Å²) in [5.41, 5.74) is 1.24. The zero-order valence-corrected chi connectivity index (χ0v) is 6.75. The molecule has 0 radical (unpaired) electrons. The van der Waals surface area contributed by atoms with Crippen molar-refractivity contribution >= 4 is 17.2 Å². The Morgan fingerprint density at radius 3 is 3.08 bits per heavy atom. The van der Waals surface area contributed by atoms with E-state index in [1.165, 1.54) is 6.21 Å². The van der Waals surface area contributed by atoms with Crippen LogP contribution in [0.1, 0.15) is 5.69 Å². The van der Waals surface area contributed by atoms with Crippen LogP contribution in [-0.4, -0.2) is 21.4 Å². The lowest BCUT2D eigenvalue weighted by molar-refractivity contribution is 0.321. The predicted molar refractivity (Wildman–Crippen MR) is 48.9 cm³/mol. The lowest BCUT2D eigenvalue weighted by Crippen LogP contribution is -1.89. The van der Waals surface area contributed by atoms with Gasteiger partial charge in [0, 0.05) is 11.6 Å². The summed E-state index contributed by atoms with van der Waals surface area (Å²) < 4.78 is 0. The molecular formula is C9H7N3O. The van der Waals surface area contributed by atoms with Crippen LogP contribution in [0.4, 0.5) is 0 Å². The van der Waals surface area contributed by atoms with Gasteiger partial charge in [-0.3, -0.25) is 0 Å². The van der Waals surface area contributed by atoms with Crippen LogP contribution in [0.25, 0.3) is 11.0 Å². The average Bonchev–Trinajstić information content (AvgIpc) is 2.18. The zero-order valence-electron chi connectivity index (χ0n) is 6.75. The molecule has 0 aliphatic heterocycles. The van der Waals surface area contributed by atoms with Crippen molar-refractivity contribution in [3.05, 3.63) is 36.2 Å². The first kappa shape index (κ1) is 7.67. The minimum Gasteiger partial charge on any atom is -0.411 e. The lowest BCUT2D eigenvalue weighted by atomic mass is 10.2. The molecule has 0 saturated heterocycles. The fourth-order valence-corrected chi connectivity index (χ4v) is 1.10. The van der Waals surface area contributed by atoms with Crippen molar-refractivity contribution < 1.29 is 5.21 Å². The van der Waals surface area contributed by atoms with Crippen LogP contribution in [0, 0.1) is 0 Å². The SMILES string of the molecule is O/N=C\c1ccc2cccnc2n1. The molecule has 0 saturated carbocycles. The van der Waals surface area contributed by atoms with Crippen molar-refractivity contribution in [2.45, 2.75) is 0 Å². The summed E-state index contributed by atoms with van der Waals surface area (Å²) in [5.74, 6) is 0. The van der Waals surface area contributed by atoms with Gasteiger partial charge in [-0.2, -0.15) is 0 Å². The predicted octanol–water partition coefficient (Wildman–Crippen LogP) is 1.44. The quantitative estimate of drug-likeness (QED) is 0.403. The first-order chi connectivity index (χ1) is 6.40. The van der Waals surface area contributed by atoms with E-state index < -0.39 is 0 Å². The zero-order chi connectivity index (χ0) is 9.10. The number of hydrogen-bond acceptors (Lipinski definition) is 4. The summed E-state index contributed by atoms with van der Waals surface area (Å²) in [5, 5.41) is 12.2. The molecule has 0 aromatic carbocycles. The van der Waals surface area contributed by atoms with E-state index in [-0.39, 0.29) is 0 Å². The van der Waals surface area contributed by atoms with Gasteiger partial charge in [-0.25, -0.2) is 9.97 Å². The highest BCUT2D eigenvalue weighted by atomic mass is 16.4. The molecule has 2 heterocycles. The Balaban J connectivity index is 2.62. The molecule has 0 amide bonds. The van der Waals surface area contributed by atoms with E-state index in [0.717, 1.165) is 5.39 Å². The Hall–Kier alpha value is -1.97. The standard InChI is InChI=1S/C9H7N3O/c13-11-6-8-4-3-7-2-1-5-10-9(7)12-8/h1-6,13H/b11-6-. The van der Waals surface area contributed by atoms with Crippen LogP contribution in [0.3, 0.4) is 0 Å². The third kappa shape index (κ3) is 1.46. The first-order valence-electron chi connectivity index (χ1n) is 3.79. The molecule has 0 spiro atoms. The van der Waals surface area contributed by atoms with Gasteiger partial charge in [-0.15, -0.1) is 0 Å². The fourth-order valence-electron chi connectivity index (χ4n) is 1.10. The number of hydrogen-bond donors (Lipinski definition) is 1. The van der Waals surface area contributed by atoms with Gasteiger partial charge in [0.1, 0.15) is 0 Å². The highest BCUT2D eigenvalue weighted by Gasteiger charge is 1.95. The molecule has 4 nitrogen and oxygen atoms in total. The van der Waals surface area contributed by atoms with Crippen LogP contribution >= 0.6 is 0 Å². The molecule has 0 aliphatic carbocycles. The second kappa shape index (κ2) is 3.18. The van der Waals surface area contributed by atoms with Gasteiger partial charge in [-0.05, 0) is 24.3 Å². The number of fused-ring (bicyclic) bond motifs is 1. The van der Waals surface area contributed by atoms with Crippen molar-refractivity contribution in [3.63, 3.8) is 0 Å². The fraction of sp³-hybridized carbons (Fsp3) is 0. The molecule has 0 unspecified atom stereocenters. The number of oxime groups is 1. The maximum atomic E-state index is 8.30. The molecule has 2 aromatic rings. The topological polar surface area (TPSA) is 58.4 Å². The van der Waals surface area contributed by atoms with Crippen molar-refractivity contribution in [2.24, 2.45) is 5.16 Å². The van der Waals surface area contributed by atoms with E-state index in [9.17, 15) is 0 Å². The van der Waals surface area contributed by atoms with Crippen molar-refractivity contribution in [2.75, 3.05) is 0 Å². The number of rotatable bonds is 1. The van der Waals surface area contributed by atoms with Gasteiger partial charge < -0.3 is 5.21 Å². The van der Waals surface area contributed by atoms with Gasteiger partial charge in [0.05, 0.1) is 11.9 Å². The molecule has 2 rings (SSSR count). The summed E-state index contributed by atoms with van der Waals surface area (Å²) >= 11 is 0. The number of pyridine rings is 2. The van der Waals surface area contributed by atoms with E-state index >= 15 is 0 Å². The molecular weight excluding hydrogens is 166 g/mol. The molecule has 64 valence electrons. The van der Waals surface area contributed by atoms with Crippen molar-refractivity contribution in [1.82, 2.24) is 9.97 Å². The highest BCUT2D eigenvalue weighted by Crippen LogP contribution is 2.07.